The minimum atomic E-state index is -0.776. The third kappa shape index (κ3) is 4.62. The maximum atomic E-state index is 10.5. The number of anilines is 1. The van der Waals surface area contributed by atoms with Crippen LogP contribution in [0.5, 0.6) is 11.5 Å². The molecule has 0 atom stereocenters. The topological polar surface area (TPSA) is 85.0 Å². The molecule has 6 nitrogen and oxygen atoms in total. The van der Waals surface area contributed by atoms with Crippen molar-refractivity contribution in [1.82, 2.24) is 4.90 Å². The number of benzene rings is 1. The summed E-state index contributed by atoms with van der Waals surface area (Å²) in [6.45, 7) is 1.30. The summed E-state index contributed by atoms with van der Waals surface area (Å²) in [7, 11) is 5.08. The van der Waals surface area contributed by atoms with Crippen LogP contribution in [0.3, 0.4) is 0 Å². The highest BCUT2D eigenvalue weighted by molar-refractivity contribution is 5.66. The van der Waals surface area contributed by atoms with Gasteiger partial charge in [-0.3, -0.25) is 4.79 Å². The first-order chi connectivity index (χ1) is 9.47. The second-order valence-electron chi connectivity index (χ2n) is 4.65. The van der Waals surface area contributed by atoms with E-state index in [4.69, 9.17) is 20.3 Å². The van der Waals surface area contributed by atoms with E-state index < -0.39 is 5.97 Å². The number of carboxylic acid groups (broad SMARTS) is 1. The van der Waals surface area contributed by atoms with Gasteiger partial charge in [-0.25, -0.2) is 0 Å². The van der Waals surface area contributed by atoms with Gasteiger partial charge in [-0.1, -0.05) is 0 Å². The van der Waals surface area contributed by atoms with E-state index in [1.54, 1.807) is 20.3 Å². The van der Waals surface area contributed by atoms with Crippen molar-refractivity contribution in [3.63, 3.8) is 0 Å². The number of nitrogens with zero attached hydrogens (tertiary/aromatic N) is 1. The molecule has 1 rings (SSSR count). The number of nitrogens with two attached hydrogens (primary N) is 1. The number of carboxylic acids is 1. The molecular formula is C14H22N2O4. The summed E-state index contributed by atoms with van der Waals surface area (Å²) < 4.78 is 10.6. The van der Waals surface area contributed by atoms with E-state index in [0.717, 1.165) is 5.56 Å². The number of nitrogen functional groups attached to an aromatic ring is 1. The van der Waals surface area contributed by atoms with Crippen LogP contribution in [0.15, 0.2) is 12.1 Å². The SMILES string of the molecule is COc1cc(N)cc(CN(C)CCCC(=O)O)c1OC. The lowest BCUT2D eigenvalue weighted by atomic mass is 10.1. The zero-order valence-electron chi connectivity index (χ0n) is 12.2. The molecular weight excluding hydrogens is 260 g/mol. The third-order valence-electron chi connectivity index (χ3n) is 2.95. The molecule has 0 aromatic heterocycles. The van der Waals surface area contributed by atoms with Crippen molar-refractivity contribution < 1.29 is 19.4 Å². The minimum absolute atomic E-state index is 0.168. The van der Waals surface area contributed by atoms with Crippen molar-refractivity contribution in [3.05, 3.63) is 17.7 Å². The normalized spacial score (nSPS) is 10.6. The van der Waals surface area contributed by atoms with Gasteiger partial charge in [0.1, 0.15) is 0 Å². The van der Waals surface area contributed by atoms with E-state index in [9.17, 15) is 4.79 Å². The number of hydrogen-bond donors (Lipinski definition) is 2. The zero-order chi connectivity index (χ0) is 15.1. The molecule has 3 N–H and O–H groups in total. The van der Waals surface area contributed by atoms with Gasteiger partial charge in [-0.05, 0) is 26.1 Å². The Morgan fingerprint density at radius 1 is 1.35 bits per heavy atom. The summed E-state index contributed by atoms with van der Waals surface area (Å²) in [5, 5.41) is 8.63. The Kier molecular flexibility index (Phi) is 6.11. The molecule has 0 saturated heterocycles. The molecule has 0 aliphatic heterocycles. The number of aliphatic carboxylic acids is 1. The molecule has 6 heteroatoms. The Morgan fingerprint density at radius 3 is 2.60 bits per heavy atom. The van der Waals surface area contributed by atoms with Gasteiger partial charge in [0.25, 0.3) is 0 Å². The Balaban J connectivity index is 2.75. The average Bonchev–Trinajstić information content (AvgIpc) is 2.37. The number of hydrogen-bond acceptors (Lipinski definition) is 5. The van der Waals surface area contributed by atoms with Crippen LogP contribution in [0.1, 0.15) is 18.4 Å². The fourth-order valence-corrected chi connectivity index (χ4v) is 2.05. The first-order valence-electron chi connectivity index (χ1n) is 6.38. The highest BCUT2D eigenvalue weighted by Crippen LogP contribution is 2.34. The molecule has 0 bridgehead atoms. The highest BCUT2D eigenvalue weighted by Gasteiger charge is 2.13. The van der Waals surface area contributed by atoms with Crippen LogP contribution in [-0.2, 0) is 11.3 Å². The van der Waals surface area contributed by atoms with Crippen LogP contribution in [0.4, 0.5) is 5.69 Å². The molecule has 0 fully saturated rings. The summed E-state index contributed by atoms with van der Waals surface area (Å²) in [6, 6.07) is 3.56. The van der Waals surface area contributed by atoms with E-state index in [0.29, 0.717) is 36.7 Å². The summed E-state index contributed by atoms with van der Waals surface area (Å²) in [6.07, 6.45) is 0.773. The Hall–Kier alpha value is -1.95. The molecule has 0 aliphatic rings. The summed E-state index contributed by atoms with van der Waals surface area (Å²) in [4.78, 5) is 12.5. The van der Waals surface area contributed by atoms with E-state index >= 15 is 0 Å². The lowest BCUT2D eigenvalue weighted by Crippen LogP contribution is -2.20. The van der Waals surface area contributed by atoms with Crippen molar-refractivity contribution in [2.24, 2.45) is 0 Å². The Bertz CT molecular complexity index is 463. The first kappa shape index (κ1) is 16.1. The maximum absolute atomic E-state index is 10.5. The Labute approximate surface area is 119 Å². The monoisotopic (exact) mass is 282 g/mol. The number of methoxy groups -OCH3 is 2. The van der Waals surface area contributed by atoms with Gasteiger partial charge in [0.2, 0.25) is 0 Å². The highest BCUT2D eigenvalue weighted by atomic mass is 16.5. The van der Waals surface area contributed by atoms with Crippen molar-refractivity contribution in [3.8, 4) is 11.5 Å². The Morgan fingerprint density at radius 2 is 2.05 bits per heavy atom. The van der Waals surface area contributed by atoms with Crippen molar-refractivity contribution in [1.29, 1.82) is 0 Å². The van der Waals surface area contributed by atoms with E-state index in [1.165, 1.54) is 0 Å². The van der Waals surface area contributed by atoms with Gasteiger partial charge < -0.3 is 25.2 Å². The first-order valence-corrected chi connectivity index (χ1v) is 6.38. The minimum Gasteiger partial charge on any atom is -0.493 e. The molecule has 0 heterocycles. The molecule has 0 spiro atoms. The average molecular weight is 282 g/mol. The molecule has 1 aromatic rings. The number of ether oxygens (including phenoxy) is 2. The van der Waals surface area contributed by atoms with Gasteiger partial charge in [-0.15, -0.1) is 0 Å². The molecule has 0 aliphatic carbocycles. The van der Waals surface area contributed by atoms with Gasteiger partial charge in [0, 0.05) is 30.3 Å². The van der Waals surface area contributed by atoms with Crippen LogP contribution in [-0.4, -0.2) is 43.8 Å². The fraction of sp³-hybridized carbons (Fsp3) is 0.500. The van der Waals surface area contributed by atoms with Gasteiger partial charge in [-0.2, -0.15) is 0 Å². The van der Waals surface area contributed by atoms with Crippen molar-refractivity contribution in [2.75, 3.05) is 33.5 Å². The van der Waals surface area contributed by atoms with Crippen LogP contribution in [0.25, 0.3) is 0 Å². The van der Waals surface area contributed by atoms with E-state index in [-0.39, 0.29) is 6.42 Å². The lowest BCUT2D eigenvalue weighted by molar-refractivity contribution is -0.137. The summed E-state index contributed by atoms with van der Waals surface area (Å²) in [5.41, 5.74) is 7.37. The third-order valence-corrected chi connectivity index (χ3v) is 2.95. The van der Waals surface area contributed by atoms with Gasteiger partial charge >= 0.3 is 5.97 Å². The molecule has 0 saturated carbocycles. The molecule has 0 unspecified atom stereocenters. The lowest BCUT2D eigenvalue weighted by Gasteiger charge is -2.19. The van der Waals surface area contributed by atoms with E-state index in [1.807, 2.05) is 18.0 Å². The van der Waals surface area contributed by atoms with E-state index in [2.05, 4.69) is 0 Å². The fourth-order valence-electron chi connectivity index (χ4n) is 2.05. The predicted octanol–water partition coefficient (Wildman–Crippen LogP) is 1.58. The molecule has 0 radical (unpaired) electrons. The summed E-state index contributed by atoms with van der Waals surface area (Å²) >= 11 is 0. The van der Waals surface area contributed by atoms with Gasteiger partial charge in [0.15, 0.2) is 11.5 Å². The molecule has 0 amide bonds. The van der Waals surface area contributed by atoms with Crippen LogP contribution in [0, 0.1) is 0 Å². The second kappa shape index (κ2) is 7.59. The smallest absolute Gasteiger partial charge is 0.303 e. The second-order valence-corrected chi connectivity index (χ2v) is 4.65. The van der Waals surface area contributed by atoms with Crippen LogP contribution < -0.4 is 15.2 Å². The standard InChI is InChI=1S/C14H22N2O4/c1-16(6-4-5-13(17)18)9-10-7-11(15)8-12(19-2)14(10)20-3/h7-8H,4-6,9,15H2,1-3H3,(H,17,18). The molecule has 20 heavy (non-hydrogen) atoms. The molecule has 112 valence electrons. The zero-order valence-corrected chi connectivity index (χ0v) is 12.2. The number of rotatable bonds is 8. The van der Waals surface area contributed by atoms with Gasteiger partial charge in [0.05, 0.1) is 14.2 Å². The van der Waals surface area contributed by atoms with Crippen molar-refractivity contribution in [2.45, 2.75) is 19.4 Å². The maximum Gasteiger partial charge on any atom is 0.303 e. The molecule has 1 aromatic carbocycles. The predicted molar refractivity (Wildman–Crippen MR) is 77.2 cm³/mol. The summed E-state index contributed by atoms with van der Waals surface area (Å²) in [5.74, 6) is 0.481. The van der Waals surface area contributed by atoms with Crippen LogP contribution >= 0.6 is 0 Å². The van der Waals surface area contributed by atoms with Crippen molar-refractivity contribution >= 4 is 11.7 Å². The van der Waals surface area contributed by atoms with Crippen LogP contribution in [0.2, 0.25) is 0 Å². The quantitative estimate of drug-likeness (QED) is 0.704. The number of carbonyl (C=O) groups is 1. The largest absolute Gasteiger partial charge is 0.493 e.